The average Bonchev–Trinajstić information content (AvgIpc) is 2.51. The molecular weight excluding hydrogens is 256 g/mol. The second-order valence-corrected chi connectivity index (χ2v) is 5.17. The fourth-order valence-electron chi connectivity index (χ4n) is 2.56. The van der Waals surface area contributed by atoms with Gasteiger partial charge in [-0.25, -0.2) is 0 Å². The van der Waals surface area contributed by atoms with Crippen LogP contribution in [-0.4, -0.2) is 0 Å². The smallest absolute Gasteiger partial charge is 0.0393 e. The number of hydrogen-bond donors (Lipinski definition) is 2. The maximum Gasteiger partial charge on any atom is 0.0393 e. The molecule has 3 aromatic carbocycles. The minimum absolute atomic E-state index is 0.755. The third kappa shape index (κ3) is 2.90. The van der Waals surface area contributed by atoms with Crippen molar-refractivity contribution in [3.63, 3.8) is 0 Å². The molecule has 2 nitrogen and oxygen atoms in total. The number of nitrogen functional groups attached to an aromatic ring is 2. The topological polar surface area (TPSA) is 52.0 Å². The SMILES string of the molecule is Nc1ccc(Cc2ccccc2)c(-c2ccccc2N)c1. The van der Waals surface area contributed by atoms with Gasteiger partial charge in [-0.1, -0.05) is 54.6 Å². The molecule has 3 rings (SSSR count). The van der Waals surface area contributed by atoms with Gasteiger partial charge in [-0.3, -0.25) is 0 Å². The summed E-state index contributed by atoms with van der Waals surface area (Å²) in [4.78, 5) is 0. The summed E-state index contributed by atoms with van der Waals surface area (Å²) >= 11 is 0. The maximum absolute atomic E-state index is 6.12. The first-order valence-corrected chi connectivity index (χ1v) is 7.01. The number of nitrogens with two attached hydrogens (primary N) is 2. The molecule has 0 aliphatic rings. The van der Waals surface area contributed by atoms with E-state index >= 15 is 0 Å². The molecule has 0 saturated carbocycles. The Balaban J connectivity index is 2.08. The second-order valence-electron chi connectivity index (χ2n) is 5.17. The van der Waals surface area contributed by atoms with Crippen LogP contribution in [-0.2, 0) is 6.42 Å². The van der Waals surface area contributed by atoms with Crippen LogP contribution in [0.2, 0.25) is 0 Å². The summed E-state index contributed by atoms with van der Waals surface area (Å²) in [6.07, 6.45) is 0.866. The van der Waals surface area contributed by atoms with Crippen LogP contribution in [0, 0.1) is 0 Å². The molecule has 0 bridgehead atoms. The van der Waals surface area contributed by atoms with Crippen LogP contribution in [0.4, 0.5) is 11.4 Å². The van der Waals surface area contributed by atoms with Crippen molar-refractivity contribution in [3.8, 4) is 11.1 Å². The average molecular weight is 274 g/mol. The highest BCUT2D eigenvalue weighted by Gasteiger charge is 2.09. The normalized spacial score (nSPS) is 10.5. The molecule has 0 spiro atoms. The molecule has 0 atom stereocenters. The van der Waals surface area contributed by atoms with Gasteiger partial charge < -0.3 is 11.5 Å². The summed E-state index contributed by atoms with van der Waals surface area (Å²) in [5.74, 6) is 0. The number of para-hydroxylation sites is 1. The van der Waals surface area contributed by atoms with E-state index in [1.165, 1.54) is 11.1 Å². The Kier molecular flexibility index (Phi) is 3.61. The Morgan fingerprint density at radius 1 is 0.667 bits per heavy atom. The predicted molar refractivity (Wildman–Crippen MR) is 90.0 cm³/mol. The molecule has 0 unspecified atom stereocenters. The van der Waals surface area contributed by atoms with Crippen LogP contribution in [0.25, 0.3) is 11.1 Å². The minimum atomic E-state index is 0.755. The minimum Gasteiger partial charge on any atom is -0.399 e. The summed E-state index contributed by atoms with van der Waals surface area (Å²) < 4.78 is 0. The molecular formula is C19H18N2. The lowest BCUT2D eigenvalue weighted by molar-refractivity contribution is 1.20. The quantitative estimate of drug-likeness (QED) is 0.706. The lowest BCUT2D eigenvalue weighted by Crippen LogP contribution is -1.97. The van der Waals surface area contributed by atoms with Crippen molar-refractivity contribution < 1.29 is 0 Å². The van der Waals surface area contributed by atoms with E-state index in [0.717, 1.165) is 28.9 Å². The highest BCUT2D eigenvalue weighted by Crippen LogP contribution is 2.31. The molecule has 2 heteroatoms. The number of anilines is 2. The molecule has 0 aliphatic carbocycles. The Bertz CT molecular complexity index is 749. The van der Waals surface area contributed by atoms with Crippen LogP contribution in [0.5, 0.6) is 0 Å². The molecule has 104 valence electrons. The van der Waals surface area contributed by atoms with Gasteiger partial charge in [0.2, 0.25) is 0 Å². The first-order valence-electron chi connectivity index (χ1n) is 7.01. The van der Waals surface area contributed by atoms with Crippen molar-refractivity contribution in [3.05, 3.63) is 83.9 Å². The van der Waals surface area contributed by atoms with Crippen LogP contribution >= 0.6 is 0 Å². The lowest BCUT2D eigenvalue weighted by Gasteiger charge is -2.13. The fourth-order valence-corrected chi connectivity index (χ4v) is 2.56. The van der Waals surface area contributed by atoms with Gasteiger partial charge in [-0.15, -0.1) is 0 Å². The molecule has 0 heterocycles. The van der Waals surface area contributed by atoms with Gasteiger partial charge in [0.05, 0.1) is 0 Å². The fraction of sp³-hybridized carbons (Fsp3) is 0.0526. The first-order chi connectivity index (χ1) is 10.2. The lowest BCUT2D eigenvalue weighted by atomic mass is 9.93. The van der Waals surface area contributed by atoms with E-state index in [9.17, 15) is 0 Å². The van der Waals surface area contributed by atoms with Crippen molar-refractivity contribution in [1.82, 2.24) is 0 Å². The zero-order valence-electron chi connectivity index (χ0n) is 11.8. The molecule has 4 N–H and O–H groups in total. The maximum atomic E-state index is 6.12. The van der Waals surface area contributed by atoms with E-state index in [1.807, 2.05) is 42.5 Å². The van der Waals surface area contributed by atoms with Crippen molar-refractivity contribution >= 4 is 11.4 Å². The molecule has 21 heavy (non-hydrogen) atoms. The van der Waals surface area contributed by atoms with Gasteiger partial charge in [-0.05, 0) is 41.3 Å². The molecule has 0 aromatic heterocycles. The summed E-state index contributed by atoms with van der Waals surface area (Å²) in [6, 6.07) is 24.4. The highest BCUT2D eigenvalue weighted by atomic mass is 14.6. The molecule has 3 aromatic rings. The summed E-state index contributed by atoms with van der Waals surface area (Å²) in [5, 5.41) is 0. The zero-order valence-corrected chi connectivity index (χ0v) is 11.8. The van der Waals surface area contributed by atoms with Gasteiger partial charge in [0.1, 0.15) is 0 Å². The van der Waals surface area contributed by atoms with E-state index < -0.39 is 0 Å². The van der Waals surface area contributed by atoms with Gasteiger partial charge in [0, 0.05) is 16.9 Å². The Morgan fingerprint density at radius 2 is 1.38 bits per heavy atom. The van der Waals surface area contributed by atoms with Gasteiger partial charge in [-0.2, -0.15) is 0 Å². The van der Waals surface area contributed by atoms with E-state index in [4.69, 9.17) is 11.5 Å². The van der Waals surface area contributed by atoms with Crippen molar-refractivity contribution in [2.24, 2.45) is 0 Å². The molecule has 0 radical (unpaired) electrons. The standard InChI is InChI=1S/C19H18N2/c20-16-11-10-15(12-14-6-2-1-3-7-14)18(13-16)17-8-4-5-9-19(17)21/h1-11,13H,12,20-21H2. The van der Waals surface area contributed by atoms with E-state index in [-0.39, 0.29) is 0 Å². The van der Waals surface area contributed by atoms with Crippen LogP contribution in [0.1, 0.15) is 11.1 Å². The largest absolute Gasteiger partial charge is 0.399 e. The Labute approximate surface area is 125 Å². The van der Waals surface area contributed by atoms with Crippen LogP contribution < -0.4 is 11.5 Å². The third-order valence-electron chi connectivity index (χ3n) is 3.62. The Hall–Kier alpha value is -2.74. The zero-order chi connectivity index (χ0) is 14.7. The van der Waals surface area contributed by atoms with Crippen LogP contribution in [0.15, 0.2) is 72.8 Å². The second kappa shape index (κ2) is 5.71. The van der Waals surface area contributed by atoms with Crippen molar-refractivity contribution in [2.45, 2.75) is 6.42 Å². The highest BCUT2D eigenvalue weighted by molar-refractivity contribution is 5.80. The first kappa shape index (κ1) is 13.3. The van der Waals surface area contributed by atoms with Crippen molar-refractivity contribution in [2.75, 3.05) is 11.5 Å². The monoisotopic (exact) mass is 274 g/mol. The van der Waals surface area contributed by atoms with E-state index in [0.29, 0.717) is 0 Å². The van der Waals surface area contributed by atoms with Crippen LogP contribution in [0.3, 0.4) is 0 Å². The predicted octanol–water partition coefficient (Wildman–Crippen LogP) is 4.11. The van der Waals surface area contributed by atoms with Gasteiger partial charge in [0.15, 0.2) is 0 Å². The van der Waals surface area contributed by atoms with E-state index in [2.05, 4.69) is 30.3 Å². The van der Waals surface area contributed by atoms with Gasteiger partial charge in [0.25, 0.3) is 0 Å². The molecule has 0 aliphatic heterocycles. The summed E-state index contributed by atoms with van der Waals surface area (Å²) in [5.41, 5.74) is 18.3. The summed E-state index contributed by atoms with van der Waals surface area (Å²) in [7, 11) is 0. The number of benzene rings is 3. The molecule has 0 amide bonds. The third-order valence-corrected chi connectivity index (χ3v) is 3.62. The van der Waals surface area contributed by atoms with Crippen molar-refractivity contribution in [1.29, 1.82) is 0 Å². The number of hydrogen-bond acceptors (Lipinski definition) is 2. The van der Waals surface area contributed by atoms with E-state index in [1.54, 1.807) is 0 Å². The summed E-state index contributed by atoms with van der Waals surface area (Å²) in [6.45, 7) is 0. The molecule has 0 saturated heterocycles. The molecule has 0 fully saturated rings. The Morgan fingerprint density at radius 3 is 2.14 bits per heavy atom. The number of rotatable bonds is 3. The van der Waals surface area contributed by atoms with Gasteiger partial charge >= 0.3 is 0 Å².